The van der Waals surface area contributed by atoms with Gasteiger partial charge in [0, 0.05) is 32.4 Å². The number of carbonyl (C=O) groups excluding carboxylic acids is 1. The number of aromatic amines is 1. The van der Waals surface area contributed by atoms with Crippen molar-refractivity contribution in [1.82, 2.24) is 15.1 Å². The fourth-order valence-corrected chi connectivity index (χ4v) is 3.17. The SMILES string of the molecule is COCC(=O)N1CC[C@H](c2[nH]ncc2S(C)(=O)=O)C1. The Kier molecular flexibility index (Phi) is 3.91. The van der Waals surface area contributed by atoms with E-state index >= 15 is 0 Å². The van der Waals surface area contributed by atoms with E-state index in [2.05, 4.69) is 10.2 Å². The van der Waals surface area contributed by atoms with Crippen molar-refractivity contribution >= 4 is 15.7 Å². The number of hydrogen-bond acceptors (Lipinski definition) is 5. The lowest BCUT2D eigenvalue weighted by atomic mass is 10.1. The molecule has 1 aliphatic rings. The van der Waals surface area contributed by atoms with Crippen LogP contribution in [-0.4, -0.2) is 62.5 Å². The number of rotatable bonds is 4. The van der Waals surface area contributed by atoms with Crippen LogP contribution in [0.2, 0.25) is 0 Å². The highest BCUT2D eigenvalue weighted by molar-refractivity contribution is 7.90. The molecule has 19 heavy (non-hydrogen) atoms. The molecular weight excluding hydrogens is 270 g/mol. The average molecular weight is 287 g/mol. The van der Waals surface area contributed by atoms with Gasteiger partial charge in [0.05, 0.1) is 11.9 Å². The molecule has 0 spiro atoms. The first-order valence-corrected chi connectivity index (χ1v) is 7.82. The summed E-state index contributed by atoms with van der Waals surface area (Å²) < 4.78 is 28.1. The minimum atomic E-state index is -3.30. The van der Waals surface area contributed by atoms with Gasteiger partial charge in [-0.25, -0.2) is 8.42 Å². The number of carbonyl (C=O) groups is 1. The standard InChI is InChI=1S/C11H17N3O4S/c1-18-7-10(15)14-4-3-8(6-14)11-9(5-12-13-11)19(2,16)17/h5,8H,3-4,6-7H2,1-2H3,(H,12,13)/t8-/m0/s1. The number of aromatic nitrogens is 2. The van der Waals surface area contributed by atoms with E-state index in [1.165, 1.54) is 13.3 Å². The van der Waals surface area contributed by atoms with Gasteiger partial charge >= 0.3 is 0 Å². The second-order valence-corrected chi connectivity index (χ2v) is 6.66. The summed E-state index contributed by atoms with van der Waals surface area (Å²) in [5.41, 5.74) is 0.593. The quantitative estimate of drug-likeness (QED) is 0.826. The third-order valence-electron chi connectivity index (χ3n) is 3.25. The van der Waals surface area contributed by atoms with E-state index < -0.39 is 9.84 Å². The van der Waals surface area contributed by atoms with E-state index in [4.69, 9.17) is 4.74 Å². The maximum Gasteiger partial charge on any atom is 0.248 e. The second-order valence-electron chi connectivity index (χ2n) is 4.68. The van der Waals surface area contributed by atoms with E-state index in [-0.39, 0.29) is 23.3 Å². The summed E-state index contributed by atoms with van der Waals surface area (Å²) in [6.45, 7) is 1.15. The molecule has 0 bridgehead atoms. The Labute approximate surface area is 111 Å². The van der Waals surface area contributed by atoms with E-state index in [0.29, 0.717) is 18.8 Å². The molecule has 1 saturated heterocycles. The zero-order chi connectivity index (χ0) is 14.0. The number of H-pyrrole nitrogens is 1. The highest BCUT2D eigenvalue weighted by Crippen LogP contribution is 2.30. The van der Waals surface area contributed by atoms with Gasteiger partial charge in [0.15, 0.2) is 9.84 Å². The summed E-state index contributed by atoms with van der Waals surface area (Å²) >= 11 is 0. The molecule has 7 nitrogen and oxygen atoms in total. The summed E-state index contributed by atoms with van der Waals surface area (Å²) in [6.07, 6.45) is 3.20. The molecule has 8 heteroatoms. The van der Waals surface area contributed by atoms with Crippen LogP contribution < -0.4 is 0 Å². The molecule has 1 aromatic rings. The summed E-state index contributed by atoms with van der Waals surface area (Å²) in [7, 11) is -1.82. The molecule has 106 valence electrons. The Bertz CT molecular complexity index is 566. The van der Waals surface area contributed by atoms with Gasteiger partial charge in [0.1, 0.15) is 11.5 Å². The minimum absolute atomic E-state index is 0.0203. The highest BCUT2D eigenvalue weighted by Gasteiger charge is 2.31. The lowest BCUT2D eigenvalue weighted by Gasteiger charge is -2.15. The van der Waals surface area contributed by atoms with Crippen LogP contribution in [0.25, 0.3) is 0 Å². The molecule has 0 unspecified atom stereocenters. The number of amides is 1. The molecule has 2 heterocycles. The van der Waals surface area contributed by atoms with Crippen LogP contribution in [0.15, 0.2) is 11.1 Å². The van der Waals surface area contributed by atoms with Gasteiger partial charge < -0.3 is 9.64 Å². The van der Waals surface area contributed by atoms with Crippen molar-refractivity contribution in [3.8, 4) is 0 Å². The molecule has 1 aromatic heterocycles. The average Bonchev–Trinajstić information content (AvgIpc) is 2.97. The Morgan fingerprint density at radius 3 is 3.00 bits per heavy atom. The van der Waals surface area contributed by atoms with Crippen LogP contribution in [0.4, 0.5) is 0 Å². The lowest BCUT2D eigenvalue weighted by molar-refractivity contribution is -0.134. The van der Waals surface area contributed by atoms with Crippen LogP contribution in [0, 0.1) is 0 Å². The molecule has 1 amide bonds. The zero-order valence-electron chi connectivity index (χ0n) is 10.9. The van der Waals surface area contributed by atoms with Crippen molar-refractivity contribution in [3.63, 3.8) is 0 Å². The number of nitrogens with one attached hydrogen (secondary N) is 1. The van der Waals surface area contributed by atoms with Gasteiger partial charge in [0.2, 0.25) is 5.91 Å². The molecule has 2 rings (SSSR count). The Balaban J connectivity index is 2.14. The maximum absolute atomic E-state index is 11.7. The summed E-state index contributed by atoms with van der Waals surface area (Å²) in [6, 6.07) is 0. The Morgan fingerprint density at radius 1 is 1.63 bits per heavy atom. The van der Waals surface area contributed by atoms with Crippen LogP contribution in [0.5, 0.6) is 0 Å². The van der Waals surface area contributed by atoms with Crippen molar-refractivity contribution in [2.24, 2.45) is 0 Å². The van der Waals surface area contributed by atoms with Gasteiger partial charge in [-0.05, 0) is 6.42 Å². The molecule has 0 radical (unpaired) electrons. The molecule has 1 fully saturated rings. The summed E-state index contributed by atoms with van der Waals surface area (Å²) in [4.78, 5) is 13.6. The number of nitrogens with zero attached hydrogens (tertiary/aromatic N) is 2. The van der Waals surface area contributed by atoms with E-state index in [9.17, 15) is 13.2 Å². The second kappa shape index (κ2) is 5.30. The van der Waals surface area contributed by atoms with Gasteiger partial charge in [0.25, 0.3) is 0 Å². The third-order valence-corrected chi connectivity index (χ3v) is 4.37. The van der Waals surface area contributed by atoms with Crippen molar-refractivity contribution < 1.29 is 17.9 Å². The fraction of sp³-hybridized carbons (Fsp3) is 0.636. The van der Waals surface area contributed by atoms with E-state index in [0.717, 1.165) is 12.7 Å². The van der Waals surface area contributed by atoms with Crippen molar-refractivity contribution in [2.75, 3.05) is 33.1 Å². The fourth-order valence-electron chi connectivity index (χ4n) is 2.31. The molecule has 0 aromatic carbocycles. The van der Waals surface area contributed by atoms with Gasteiger partial charge in [-0.2, -0.15) is 5.10 Å². The van der Waals surface area contributed by atoms with E-state index in [1.54, 1.807) is 4.90 Å². The predicted octanol–water partition coefficient (Wildman–Crippen LogP) is -0.224. The first-order valence-electron chi connectivity index (χ1n) is 5.93. The maximum atomic E-state index is 11.7. The third kappa shape index (κ3) is 2.95. The lowest BCUT2D eigenvalue weighted by Crippen LogP contribution is -2.31. The smallest absolute Gasteiger partial charge is 0.248 e. The molecule has 1 N–H and O–H groups in total. The number of ether oxygens (including phenoxy) is 1. The largest absolute Gasteiger partial charge is 0.375 e. The molecular formula is C11H17N3O4S. The first kappa shape index (κ1) is 14.0. The van der Waals surface area contributed by atoms with Gasteiger partial charge in [-0.1, -0.05) is 0 Å². The number of sulfone groups is 1. The molecule has 0 aliphatic carbocycles. The van der Waals surface area contributed by atoms with Crippen LogP contribution >= 0.6 is 0 Å². The van der Waals surface area contributed by atoms with Crippen LogP contribution in [0.1, 0.15) is 18.0 Å². The van der Waals surface area contributed by atoms with Crippen molar-refractivity contribution in [2.45, 2.75) is 17.2 Å². The Morgan fingerprint density at radius 2 is 2.37 bits per heavy atom. The predicted molar refractivity (Wildman–Crippen MR) is 67.5 cm³/mol. The summed E-state index contributed by atoms with van der Waals surface area (Å²) in [5, 5.41) is 6.55. The normalized spacial score (nSPS) is 19.9. The van der Waals surface area contributed by atoms with Crippen LogP contribution in [0.3, 0.4) is 0 Å². The first-order chi connectivity index (χ1) is 8.93. The van der Waals surface area contributed by atoms with Gasteiger partial charge in [-0.15, -0.1) is 0 Å². The van der Waals surface area contributed by atoms with E-state index in [1.807, 2.05) is 0 Å². The Hall–Kier alpha value is -1.41. The van der Waals surface area contributed by atoms with Crippen LogP contribution in [-0.2, 0) is 19.4 Å². The number of hydrogen-bond donors (Lipinski definition) is 1. The molecule has 1 atom stereocenters. The monoisotopic (exact) mass is 287 g/mol. The zero-order valence-corrected chi connectivity index (χ0v) is 11.7. The highest BCUT2D eigenvalue weighted by atomic mass is 32.2. The van der Waals surface area contributed by atoms with Gasteiger partial charge in [-0.3, -0.25) is 9.89 Å². The summed E-state index contributed by atoms with van der Waals surface area (Å²) in [5.74, 6) is -0.0987. The molecule has 0 saturated carbocycles. The topological polar surface area (TPSA) is 92.4 Å². The number of methoxy groups -OCH3 is 1. The number of likely N-dealkylation sites (tertiary alicyclic amines) is 1. The van der Waals surface area contributed by atoms with Crippen molar-refractivity contribution in [1.29, 1.82) is 0 Å². The minimum Gasteiger partial charge on any atom is -0.375 e. The van der Waals surface area contributed by atoms with Crippen molar-refractivity contribution in [3.05, 3.63) is 11.9 Å². The molecule has 1 aliphatic heterocycles.